The van der Waals surface area contributed by atoms with Crippen LogP contribution in [0.15, 0.2) is 10.6 Å². The molecule has 7 heteroatoms. The number of aryl methyl sites for hydroxylation is 1. The average molecular weight is 322 g/mol. The molecule has 1 unspecified atom stereocenters. The number of aromatic nitrogens is 1. The molecule has 7 nitrogen and oxygen atoms in total. The molecule has 1 amide bonds. The lowest BCUT2D eigenvalue weighted by molar-refractivity contribution is 0.0342. The van der Waals surface area contributed by atoms with E-state index in [1.807, 2.05) is 6.92 Å². The Bertz CT molecular complexity index is 513. The van der Waals surface area contributed by atoms with Crippen LogP contribution in [0.5, 0.6) is 0 Å². The molecule has 1 aromatic heterocycles. The lowest BCUT2D eigenvalue weighted by Gasteiger charge is -2.28. The Morgan fingerprint density at radius 1 is 1.30 bits per heavy atom. The lowest BCUT2D eigenvalue weighted by Crippen LogP contribution is -2.41. The van der Waals surface area contributed by atoms with Crippen LogP contribution in [0.3, 0.4) is 0 Å². The first-order chi connectivity index (χ1) is 11.2. The van der Waals surface area contributed by atoms with Crippen LogP contribution in [0.4, 0.5) is 0 Å². The van der Waals surface area contributed by atoms with Crippen molar-refractivity contribution in [3.63, 3.8) is 0 Å². The molecule has 128 valence electrons. The van der Waals surface area contributed by atoms with E-state index in [0.29, 0.717) is 18.2 Å². The van der Waals surface area contributed by atoms with Crippen molar-refractivity contribution in [2.75, 3.05) is 59.0 Å². The number of amides is 1. The normalized spacial score (nSPS) is 23.3. The van der Waals surface area contributed by atoms with Gasteiger partial charge in [0.15, 0.2) is 0 Å². The molecular formula is C16H26N4O3. The van der Waals surface area contributed by atoms with Gasteiger partial charge in [0.1, 0.15) is 0 Å². The van der Waals surface area contributed by atoms with E-state index in [-0.39, 0.29) is 5.91 Å². The number of morpholine rings is 1. The van der Waals surface area contributed by atoms with Gasteiger partial charge in [-0.2, -0.15) is 0 Å². The van der Waals surface area contributed by atoms with Gasteiger partial charge in [0.2, 0.25) is 5.76 Å². The zero-order valence-corrected chi connectivity index (χ0v) is 13.8. The Balaban J connectivity index is 1.34. The second kappa shape index (κ2) is 7.90. The molecule has 1 N–H and O–H groups in total. The summed E-state index contributed by atoms with van der Waals surface area (Å²) in [5.74, 6) is 0.648. The third-order valence-corrected chi connectivity index (χ3v) is 4.61. The Morgan fingerprint density at radius 3 is 2.83 bits per heavy atom. The van der Waals surface area contributed by atoms with E-state index in [0.717, 1.165) is 64.6 Å². The highest BCUT2D eigenvalue weighted by Crippen LogP contribution is 2.15. The van der Waals surface area contributed by atoms with Crippen molar-refractivity contribution < 1.29 is 14.1 Å². The number of carbonyl (C=O) groups excluding carboxylic acids is 1. The maximum Gasteiger partial charge on any atom is 0.289 e. The molecule has 2 aliphatic heterocycles. The van der Waals surface area contributed by atoms with Crippen LogP contribution in [0.25, 0.3) is 0 Å². The predicted molar refractivity (Wildman–Crippen MR) is 85.4 cm³/mol. The number of hydrogen-bond donors (Lipinski definition) is 1. The summed E-state index contributed by atoms with van der Waals surface area (Å²) < 4.78 is 10.4. The second-order valence-electron chi connectivity index (χ2n) is 6.45. The van der Waals surface area contributed by atoms with Crippen molar-refractivity contribution in [1.29, 1.82) is 0 Å². The molecule has 1 atom stereocenters. The monoisotopic (exact) mass is 322 g/mol. The van der Waals surface area contributed by atoms with Gasteiger partial charge in [-0.1, -0.05) is 5.16 Å². The van der Waals surface area contributed by atoms with Crippen molar-refractivity contribution in [3.05, 3.63) is 17.5 Å². The Labute approximate surface area is 136 Å². The summed E-state index contributed by atoms with van der Waals surface area (Å²) in [4.78, 5) is 16.9. The van der Waals surface area contributed by atoms with Crippen molar-refractivity contribution in [2.24, 2.45) is 5.92 Å². The molecule has 3 heterocycles. The van der Waals surface area contributed by atoms with E-state index in [2.05, 4.69) is 20.3 Å². The van der Waals surface area contributed by atoms with Crippen molar-refractivity contribution in [2.45, 2.75) is 13.3 Å². The summed E-state index contributed by atoms with van der Waals surface area (Å²) in [6.45, 7) is 10.7. The van der Waals surface area contributed by atoms with Crippen LogP contribution in [-0.2, 0) is 4.74 Å². The van der Waals surface area contributed by atoms with E-state index in [1.165, 1.54) is 0 Å². The highest BCUT2D eigenvalue weighted by Gasteiger charge is 2.24. The number of likely N-dealkylation sites (tertiary alicyclic amines) is 1. The van der Waals surface area contributed by atoms with E-state index < -0.39 is 0 Å². The molecule has 0 saturated carbocycles. The van der Waals surface area contributed by atoms with Crippen LogP contribution in [-0.4, -0.2) is 79.9 Å². The maximum atomic E-state index is 12.0. The molecule has 3 rings (SSSR count). The SMILES string of the molecule is Cc1cc(C(=O)NCC2CCN(CCN3CCOCC3)C2)on1. The van der Waals surface area contributed by atoms with Crippen LogP contribution in [0.2, 0.25) is 0 Å². The third-order valence-electron chi connectivity index (χ3n) is 4.61. The van der Waals surface area contributed by atoms with Crippen molar-refractivity contribution in [3.8, 4) is 0 Å². The van der Waals surface area contributed by atoms with E-state index in [1.54, 1.807) is 6.07 Å². The molecule has 1 aromatic rings. The van der Waals surface area contributed by atoms with Crippen molar-refractivity contribution >= 4 is 5.91 Å². The fourth-order valence-corrected chi connectivity index (χ4v) is 3.18. The fraction of sp³-hybridized carbons (Fsp3) is 0.750. The van der Waals surface area contributed by atoms with Gasteiger partial charge in [-0.15, -0.1) is 0 Å². The molecule has 0 radical (unpaired) electrons. The number of nitrogens with one attached hydrogen (secondary N) is 1. The molecule has 0 spiro atoms. The molecule has 0 aromatic carbocycles. The zero-order chi connectivity index (χ0) is 16.1. The minimum absolute atomic E-state index is 0.169. The summed E-state index contributed by atoms with van der Waals surface area (Å²) in [5, 5.41) is 6.69. The van der Waals surface area contributed by atoms with E-state index >= 15 is 0 Å². The molecule has 0 bridgehead atoms. The van der Waals surface area contributed by atoms with Crippen LogP contribution < -0.4 is 5.32 Å². The smallest absolute Gasteiger partial charge is 0.289 e. The van der Waals surface area contributed by atoms with Gasteiger partial charge >= 0.3 is 0 Å². The molecule has 2 fully saturated rings. The van der Waals surface area contributed by atoms with Gasteiger partial charge in [0, 0.05) is 45.3 Å². The van der Waals surface area contributed by atoms with Gasteiger partial charge in [-0.3, -0.25) is 9.69 Å². The minimum Gasteiger partial charge on any atom is -0.379 e. The van der Waals surface area contributed by atoms with Crippen molar-refractivity contribution in [1.82, 2.24) is 20.3 Å². The maximum absolute atomic E-state index is 12.0. The van der Waals surface area contributed by atoms with Crippen LogP contribution >= 0.6 is 0 Å². The quantitative estimate of drug-likeness (QED) is 0.816. The zero-order valence-electron chi connectivity index (χ0n) is 13.8. The number of rotatable bonds is 6. The molecular weight excluding hydrogens is 296 g/mol. The van der Waals surface area contributed by atoms with Gasteiger partial charge in [0.05, 0.1) is 18.9 Å². The number of hydrogen-bond acceptors (Lipinski definition) is 6. The first-order valence-corrected chi connectivity index (χ1v) is 8.44. The highest BCUT2D eigenvalue weighted by molar-refractivity contribution is 5.91. The van der Waals surface area contributed by atoms with E-state index in [9.17, 15) is 4.79 Å². The third kappa shape index (κ3) is 4.76. The molecule has 23 heavy (non-hydrogen) atoms. The second-order valence-corrected chi connectivity index (χ2v) is 6.45. The molecule has 2 aliphatic rings. The first-order valence-electron chi connectivity index (χ1n) is 8.44. The summed E-state index contributed by atoms with van der Waals surface area (Å²) in [7, 11) is 0. The lowest BCUT2D eigenvalue weighted by atomic mass is 10.1. The average Bonchev–Trinajstić information content (AvgIpc) is 3.21. The topological polar surface area (TPSA) is 70.8 Å². The minimum atomic E-state index is -0.169. The summed E-state index contributed by atoms with van der Waals surface area (Å²) in [6, 6.07) is 1.67. The largest absolute Gasteiger partial charge is 0.379 e. The summed E-state index contributed by atoms with van der Waals surface area (Å²) in [5.41, 5.74) is 0.727. The van der Waals surface area contributed by atoms with Gasteiger partial charge in [0.25, 0.3) is 5.91 Å². The molecule has 0 aliphatic carbocycles. The highest BCUT2D eigenvalue weighted by atomic mass is 16.5. The summed E-state index contributed by atoms with van der Waals surface area (Å²) >= 11 is 0. The van der Waals surface area contributed by atoms with Crippen LogP contribution in [0, 0.1) is 12.8 Å². The van der Waals surface area contributed by atoms with Crippen LogP contribution in [0.1, 0.15) is 22.7 Å². The number of nitrogens with zero attached hydrogens (tertiary/aromatic N) is 3. The molecule has 2 saturated heterocycles. The van der Waals surface area contributed by atoms with Gasteiger partial charge in [-0.25, -0.2) is 0 Å². The fourth-order valence-electron chi connectivity index (χ4n) is 3.18. The number of ether oxygens (including phenoxy) is 1. The van der Waals surface area contributed by atoms with E-state index in [4.69, 9.17) is 9.26 Å². The number of carbonyl (C=O) groups is 1. The first kappa shape index (κ1) is 16.4. The Hall–Kier alpha value is -1.44. The summed E-state index contributed by atoms with van der Waals surface area (Å²) in [6.07, 6.45) is 1.14. The Kier molecular flexibility index (Phi) is 5.64. The van der Waals surface area contributed by atoms with Gasteiger partial charge < -0.3 is 19.5 Å². The standard InChI is InChI=1S/C16H26N4O3/c1-13-10-15(23-18-13)16(21)17-11-14-2-3-20(12-14)5-4-19-6-8-22-9-7-19/h10,14H,2-9,11-12H2,1H3,(H,17,21). The Morgan fingerprint density at radius 2 is 2.09 bits per heavy atom. The van der Waals surface area contributed by atoms with Gasteiger partial charge in [-0.05, 0) is 25.8 Å². The predicted octanol–water partition coefficient (Wildman–Crippen LogP) is 0.367.